The van der Waals surface area contributed by atoms with Gasteiger partial charge in [0.15, 0.2) is 11.5 Å². The molecular formula is C17H18ClN3O3. The average molecular weight is 348 g/mol. The molecule has 0 aliphatic carbocycles. The Balaban J connectivity index is 1.86. The summed E-state index contributed by atoms with van der Waals surface area (Å²) in [6.07, 6.45) is 1.53. The number of amides is 1. The number of hydrazone groups is 1. The molecule has 1 amide bonds. The molecule has 2 N–H and O–H groups in total. The van der Waals surface area contributed by atoms with Gasteiger partial charge in [0.2, 0.25) is 0 Å². The monoisotopic (exact) mass is 347 g/mol. The van der Waals surface area contributed by atoms with E-state index in [0.29, 0.717) is 16.5 Å². The number of nitrogens with one attached hydrogen (secondary N) is 2. The fourth-order valence-corrected chi connectivity index (χ4v) is 2.12. The van der Waals surface area contributed by atoms with Gasteiger partial charge < -0.3 is 14.8 Å². The van der Waals surface area contributed by atoms with Crippen molar-refractivity contribution >= 4 is 29.4 Å². The van der Waals surface area contributed by atoms with Crippen LogP contribution in [0, 0.1) is 0 Å². The molecule has 24 heavy (non-hydrogen) atoms. The summed E-state index contributed by atoms with van der Waals surface area (Å²) in [5.41, 5.74) is 3.98. The minimum absolute atomic E-state index is 0.0869. The Morgan fingerprint density at radius 2 is 1.96 bits per heavy atom. The second-order valence-corrected chi connectivity index (χ2v) is 5.21. The molecule has 2 rings (SSSR count). The molecule has 0 unspecified atom stereocenters. The van der Waals surface area contributed by atoms with E-state index in [-0.39, 0.29) is 12.5 Å². The van der Waals surface area contributed by atoms with Crippen LogP contribution in [0.25, 0.3) is 0 Å². The second-order valence-electron chi connectivity index (χ2n) is 4.77. The van der Waals surface area contributed by atoms with Crippen LogP contribution < -0.4 is 20.2 Å². The maximum Gasteiger partial charge on any atom is 0.259 e. The number of ether oxygens (including phenoxy) is 2. The lowest BCUT2D eigenvalue weighted by molar-refractivity contribution is -0.119. The summed E-state index contributed by atoms with van der Waals surface area (Å²) in [4.78, 5) is 11.8. The van der Waals surface area contributed by atoms with Crippen LogP contribution in [-0.4, -0.2) is 32.9 Å². The number of halogens is 1. The van der Waals surface area contributed by atoms with E-state index in [1.807, 2.05) is 6.07 Å². The Bertz CT molecular complexity index is 735. The zero-order valence-electron chi connectivity index (χ0n) is 13.4. The van der Waals surface area contributed by atoms with Gasteiger partial charge in [-0.15, -0.1) is 0 Å². The van der Waals surface area contributed by atoms with Crippen molar-refractivity contribution < 1.29 is 14.3 Å². The molecule has 2 aromatic carbocycles. The van der Waals surface area contributed by atoms with E-state index in [9.17, 15) is 4.79 Å². The fourth-order valence-electron chi connectivity index (χ4n) is 1.93. The molecule has 0 saturated heterocycles. The van der Waals surface area contributed by atoms with Crippen LogP contribution in [0.3, 0.4) is 0 Å². The zero-order valence-corrected chi connectivity index (χ0v) is 14.1. The number of hydrogen-bond acceptors (Lipinski definition) is 5. The summed E-state index contributed by atoms with van der Waals surface area (Å²) in [6, 6.07) is 12.5. The molecule has 7 heteroatoms. The third kappa shape index (κ3) is 5.17. The van der Waals surface area contributed by atoms with Crippen LogP contribution in [0.15, 0.2) is 47.6 Å². The molecule has 0 radical (unpaired) electrons. The number of benzene rings is 2. The lowest BCUT2D eigenvalue weighted by atomic mass is 10.2. The average Bonchev–Trinajstić information content (AvgIpc) is 2.60. The van der Waals surface area contributed by atoms with Gasteiger partial charge in [0.25, 0.3) is 5.91 Å². The second kappa shape index (κ2) is 8.79. The van der Waals surface area contributed by atoms with Crippen molar-refractivity contribution in [2.24, 2.45) is 5.10 Å². The third-order valence-electron chi connectivity index (χ3n) is 3.09. The number of carbonyl (C=O) groups excluding carboxylic acids is 1. The Hall–Kier alpha value is -2.73. The molecule has 126 valence electrons. The summed E-state index contributed by atoms with van der Waals surface area (Å²) < 4.78 is 10.4. The molecule has 6 nitrogen and oxygen atoms in total. The van der Waals surface area contributed by atoms with E-state index in [4.69, 9.17) is 21.1 Å². The van der Waals surface area contributed by atoms with E-state index in [1.54, 1.807) is 50.6 Å². The Labute approximate surface area is 145 Å². The maximum absolute atomic E-state index is 11.8. The highest BCUT2D eigenvalue weighted by Crippen LogP contribution is 2.26. The van der Waals surface area contributed by atoms with Crippen molar-refractivity contribution in [3.8, 4) is 11.5 Å². The van der Waals surface area contributed by atoms with Gasteiger partial charge in [0, 0.05) is 10.7 Å². The van der Waals surface area contributed by atoms with Crippen molar-refractivity contribution in [3.63, 3.8) is 0 Å². The largest absolute Gasteiger partial charge is 0.493 e. The molecule has 0 aliphatic heterocycles. The Morgan fingerprint density at radius 1 is 1.17 bits per heavy atom. The highest BCUT2D eigenvalue weighted by Gasteiger charge is 2.03. The topological polar surface area (TPSA) is 72.0 Å². The SMILES string of the molecule is COc1ccc(C=NNC(=O)CNc2cccc(Cl)c2)cc1OC. The van der Waals surface area contributed by atoms with Gasteiger partial charge in [-0.25, -0.2) is 5.43 Å². The quantitative estimate of drug-likeness (QED) is 0.596. The third-order valence-corrected chi connectivity index (χ3v) is 3.32. The normalized spacial score (nSPS) is 10.5. The van der Waals surface area contributed by atoms with Gasteiger partial charge in [-0.05, 0) is 42.0 Å². The smallest absolute Gasteiger partial charge is 0.259 e. The molecule has 0 bridgehead atoms. The first-order valence-corrected chi connectivity index (χ1v) is 7.53. The van der Waals surface area contributed by atoms with Crippen LogP contribution in [-0.2, 0) is 4.79 Å². The molecule has 0 spiro atoms. The molecule has 0 aromatic heterocycles. The van der Waals surface area contributed by atoms with Crippen molar-refractivity contribution in [1.29, 1.82) is 0 Å². The predicted molar refractivity (Wildman–Crippen MR) is 95.2 cm³/mol. The lowest BCUT2D eigenvalue weighted by Gasteiger charge is -2.07. The van der Waals surface area contributed by atoms with Gasteiger partial charge in [0.1, 0.15) is 0 Å². The summed E-state index contributed by atoms with van der Waals surface area (Å²) in [5.74, 6) is 0.950. The first kappa shape index (κ1) is 17.6. The number of methoxy groups -OCH3 is 2. The highest BCUT2D eigenvalue weighted by molar-refractivity contribution is 6.30. The van der Waals surface area contributed by atoms with Gasteiger partial charge in [0.05, 0.1) is 27.0 Å². The van der Waals surface area contributed by atoms with E-state index in [0.717, 1.165) is 11.3 Å². The van der Waals surface area contributed by atoms with E-state index in [2.05, 4.69) is 15.8 Å². The van der Waals surface area contributed by atoms with Gasteiger partial charge in [-0.1, -0.05) is 17.7 Å². The van der Waals surface area contributed by atoms with Crippen molar-refractivity contribution in [3.05, 3.63) is 53.1 Å². The van der Waals surface area contributed by atoms with Gasteiger partial charge in [-0.2, -0.15) is 5.10 Å². The van der Waals surface area contributed by atoms with Crippen LogP contribution in [0.1, 0.15) is 5.56 Å². The predicted octanol–water partition coefficient (Wildman–Crippen LogP) is 2.92. The molecule has 0 atom stereocenters. The minimum atomic E-state index is -0.272. The van der Waals surface area contributed by atoms with Crippen LogP contribution >= 0.6 is 11.6 Å². The Morgan fingerprint density at radius 3 is 2.67 bits per heavy atom. The van der Waals surface area contributed by atoms with E-state index < -0.39 is 0 Å². The van der Waals surface area contributed by atoms with Crippen molar-refractivity contribution in [1.82, 2.24) is 5.43 Å². The van der Waals surface area contributed by atoms with Crippen LogP contribution in [0.5, 0.6) is 11.5 Å². The zero-order chi connectivity index (χ0) is 17.4. The number of hydrogen-bond donors (Lipinski definition) is 2. The van der Waals surface area contributed by atoms with E-state index >= 15 is 0 Å². The van der Waals surface area contributed by atoms with Gasteiger partial charge in [-0.3, -0.25) is 4.79 Å². The molecule has 0 heterocycles. The molecule has 0 saturated carbocycles. The lowest BCUT2D eigenvalue weighted by Crippen LogP contribution is -2.25. The van der Waals surface area contributed by atoms with Crippen molar-refractivity contribution in [2.75, 3.05) is 26.1 Å². The Kier molecular flexibility index (Phi) is 6.45. The number of anilines is 1. The number of nitrogens with zero attached hydrogens (tertiary/aromatic N) is 1. The summed E-state index contributed by atoms with van der Waals surface area (Å²) in [6.45, 7) is 0.0869. The fraction of sp³-hybridized carbons (Fsp3) is 0.176. The van der Waals surface area contributed by atoms with Crippen LogP contribution in [0.2, 0.25) is 5.02 Å². The molecule has 0 aliphatic rings. The standard InChI is InChI=1S/C17H18ClN3O3/c1-23-15-7-6-12(8-16(15)24-2)10-20-21-17(22)11-19-14-5-3-4-13(18)9-14/h3-10,19H,11H2,1-2H3,(H,21,22). The molecule has 2 aromatic rings. The van der Waals surface area contributed by atoms with Crippen LogP contribution in [0.4, 0.5) is 5.69 Å². The van der Waals surface area contributed by atoms with E-state index in [1.165, 1.54) is 6.21 Å². The highest BCUT2D eigenvalue weighted by atomic mass is 35.5. The molecule has 0 fully saturated rings. The van der Waals surface area contributed by atoms with Gasteiger partial charge >= 0.3 is 0 Å². The number of carbonyl (C=O) groups is 1. The maximum atomic E-state index is 11.8. The summed E-state index contributed by atoms with van der Waals surface area (Å²) in [7, 11) is 3.13. The summed E-state index contributed by atoms with van der Waals surface area (Å²) in [5, 5.41) is 7.48. The first-order chi connectivity index (χ1) is 11.6. The summed E-state index contributed by atoms with van der Waals surface area (Å²) >= 11 is 5.87. The van der Waals surface area contributed by atoms with Crippen molar-refractivity contribution in [2.45, 2.75) is 0 Å². The number of rotatable bonds is 7. The minimum Gasteiger partial charge on any atom is -0.493 e. The first-order valence-electron chi connectivity index (χ1n) is 7.15. The molecular weight excluding hydrogens is 330 g/mol.